The number of fused-ring (bicyclic) bond motifs is 1. The Morgan fingerprint density at radius 2 is 2.22 bits per heavy atom. The Kier molecular flexibility index (Phi) is 5.98. The molecule has 0 saturated heterocycles. The minimum Gasteiger partial charge on any atom is -0.465 e. The number of hydrogen-bond donors (Lipinski definition) is 1. The summed E-state index contributed by atoms with van der Waals surface area (Å²) in [6.45, 7) is 3.52. The Bertz CT molecular complexity index is 999. The summed E-state index contributed by atoms with van der Waals surface area (Å²) < 4.78 is 7.61. The van der Waals surface area contributed by atoms with E-state index in [1.54, 1.807) is 6.20 Å². The molecule has 3 aromatic rings. The minimum atomic E-state index is -0.432. The number of aryl methyl sites for hydroxylation is 1. The highest BCUT2D eigenvalue weighted by molar-refractivity contribution is 7.80. The van der Waals surface area contributed by atoms with Gasteiger partial charge in [0.2, 0.25) is 0 Å². The fourth-order valence-corrected chi connectivity index (χ4v) is 4.33. The molecule has 0 atom stereocenters. The molecule has 2 heterocycles. The van der Waals surface area contributed by atoms with Crippen LogP contribution in [0, 0.1) is 0 Å². The first-order valence-corrected chi connectivity index (χ1v) is 9.88. The number of halogens is 1. The van der Waals surface area contributed by atoms with Crippen LogP contribution in [0.1, 0.15) is 22.3 Å². The van der Waals surface area contributed by atoms with Gasteiger partial charge in [0, 0.05) is 35.6 Å². The second kappa shape index (κ2) is 8.24. The van der Waals surface area contributed by atoms with Crippen molar-refractivity contribution in [3.63, 3.8) is 0 Å². The summed E-state index contributed by atoms with van der Waals surface area (Å²) in [5.41, 5.74) is 1.92. The molecule has 0 spiro atoms. The van der Waals surface area contributed by atoms with Crippen molar-refractivity contribution in [2.75, 3.05) is 19.5 Å². The molecule has 6 nitrogen and oxygen atoms in total. The maximum atomic E-state index is 11.8. The van der Waals surface area contributed by atoms with Gasteiger partial charge in [-0.1, -0.05) is 11.6 Å². The van der Waals surface area contributed by atoms with Crippen LogP contribution in [0.2, 0.25) is 5.02 Å². The van der Waals surface area contributed by atoms with Crippen molar-refractivity contribution in [3.8, 4) is 0 Å². The van der Waals surface area contributed by atoms with Gasteiger partial charge in [-0.2, -0.15) is 5.10 Å². The van der Waals surface area contributed by atoms with Crippen molar-refractivity contribution >= 4 is 62.0 Å². The average Bonchev–Trinajstić information content (AvgIpc) is 3.24. The molecule has 27 heavy (non-hydrogen) atoms. The van der Waals surface area contributed by atoms with E-state index in [0.717, 1.165) is 28.0 Å². The van der Waals surface area contributed by atoms with Gasteiger partial charge in [0.15, 0.2) is 5.11 Å². The van der Waals surface area contributed by atoms with Gasteiger partial charge in [0.05, 0.1) is 24.4 Å². The summed E-state index contributed by atoms with van der Waals surface area (Å²) in [6.07, 6.45) is 1.79. The highest BCUT2D eigenvalue weighted by Gasteiger charge is 2.18. The lowest BCUT2D eigenvalue weighted by molar-refractivity contribution is 0.0606. The van der Waals surface area contributed by atoms with E-state index in [9.17, 15) is 4.79 Å². The molecule has 0 unspecified atom stereocenters. The molecular weight excluding hydrogens is 404 g/mol. The van der Waals surface area contributed by atoms with Crippen molar-refractivity contribution in [3.05, 3.63) is 46.1 Å². The number of methoxy groups -OCH3 is 1. The molecule has 0 aliphatic carbocycles. The minimum absolute atomic E-state index is 0.402. The number of thiophene rings is 1. The zero-order chi connectivity index (χ0) is 19.6. The number of benzene rings is 1. The third kappa shape index (κ3) is 4.07. The van der Waals surface area contributed by atoms with Crippen LogP contribution < -0.4 is 5.32 Å². The van der Waals surface area contributed by atoms with Crippen LogP contribution in [0.4, 0.5) is 5.69 Å². The fourth-order valence-electron chi connectivity index (χ4n) is 2.68. The van der Waals surface area contributed by atoms with Crippen LogP contribution in [0.15, 0.2) is 30.5 Å². The number of thiocarbonyl (C=S) groups is 1. The Hall–Kier alpha value is -2.16. The van der Waals surface area contributed by atoms with E-state index in [1.807, 2.05) is 40.9 Å². The number of rotatable bonds is 5. The van der Waals surface area contributed by atoms with E-state index in [1.165, 1.54) is 18.4 Å². The first kappa shape index (κ1) is 19.6. The summed E-state index contributed by atoms with van der Waals surface area (Å²) in [5.74, 6) is -0.432. The van der Waals surface area contributed by atoms with Gasteiger partial charge < -0.3 is 15.0 Å². The molecule has 1 N–H and O–H groups in total. The number of ether oxygens (including phenoxy) is 1. The van der Waals surface area contributed by atoms with Gasteiger partial charge >= 0.3 is 5.97 Å². The van der Waals surface area contributed by atoms with Crippen molar-refractivity contribution in [2.45, 2.75) is 20.0 Å². The smallest absolute Gasteiger partial charge is 0.349 e. The summed E-state index contributed by atoms with van der Waals surface area (Å²) in [7, 11) is 3.27. The maximum Gasteiger partial charge on any atom is 0.349 e. The molecule has 0 bridgehead atoms. The first-order chi connectivity index (χ1) is 12.9. The zero-order valence-electron chi connectivity index (χ0n) is 15.2. The molecule has 0 amide bonds. The summed E-state index contributed by atoms with van der Waals surface area (Å²) >= 11 is 13.1. The molecule has 3 rings (SSSR count). The van der Waals surface area contributed by atoms with Gasteiger partial charge in [-0.15, -0.1) is 11.3 Å². The molecule has 0 aliphatic rings. The first-order valence-electron chi connectivity index (χ1n) is 8.27. The topological polar surface area (TPSA) is 59.4 Å². The van der Waals surface area contributed by atoms with Crippen molar-refractivity contribution in [1.82, 2.24) is 14.7 Å². The predicted molar refractivity (Wildman–Crippen MR) is 114 cm³/mol. The van der Waals surface area contributed by atoms with Gasteiger partial charge in [0.1, 0.15) is 4.88 Å². The Morgan fingerprint density at radius 1 is 1.44 bits per heavy atom. The lowest BCUT2D eigenvalue weighted by atomic mass is 10.2. The van der Waals surface area contributed by atoms with Gasteiger partial charge in [-0.25, -0.2) is 4.79 Å². The Balaban J connectivity index is 1.75. The number of anilines is 1. The van der Waals surface area contributed by atoms with Crippen molar-refractivity contribution in [2.24, 2.45) is 0 Å². The molecule has 9 heteroatoms. The molecule has 0 fully saturated rings. The zero-order valence-corrected chi connectivity index (χ0v) is 17.5. The SMILES string of the molecule is CCn1nccc1CN(C)C(=S)Nc1ccc2c(Cl)c(C(=O)OC)sc2c1. The van der Waals surface area contributed by atoms with E-state index in [-0.39, 0.29) is 0 Å². The lowest BCUT2D eigenvalue weighted by Crippen LogP contribution is -2.31. The highest BCUT2D eigenvalue weighted by Crippen LogP contribution is 2.37. The van der Waals surface area contributed by atoms with Crippen LogP contribution in [0.3, 0.4) is 0 Å². The van der Waals surface area contributed by atoms with Gasteiger partial charge in [0.25, 0.3) is 0 Å². The summed E-state index contributed by atoms with van der Waals surface area (Å²) in [6, 6.07) is 7.67. The van der Waals surface area contributed by atoms with Crippen LogP contribution in [0.25, 0.3) is 10.1 Å². The molecule has 142 valence electrons. The summed E-state index contributed by atoms with van der Waals surface area (Å²) in [4.78, 5) is 14.2. The molecule has 2 aromatic heterocycles. The highest BCUT2D eigenvalue weighted by atomic mass is 35.5. The largest absolute Gasteiger partial charge is 0.465 e. The molecule has 0 radical (unpaired) electrons. The second-order valence-electron chi connectivity index (χ2n) is 5.87. The van der Waals surface area contributed by atoms with E-state index >= 15 is 0 Å². The molecular formula is C18H19ClN4O2S2. The number of nitrogens with one attached hydrogen (secondary N) is 1. The van der Waals surface area contributed by atoms with E-state index in [0.29, 0.717) is 21.6 Å². The molecule has 1 aromatic carbocycles. The van der Waals surface area contributed by atoms with Gasteiger partial charge in [-0.3, -0.25) is 4.68 Å². The van der Waals surface area contributed by atoms with Crippen LogP contribution in [-0.2, 0) is 17.8 Å². The summed E-state index contributed by atoms with van der Waals surface area (Å²) in [5, 5.41) is 9.33. The number of esters is 1. The maximum absolute atomic E-state index is 11.8. The van der Waals surface area contributed by atoms with Crippen LogP contribution in [0.5, 0.6) is 0 Å². The van der Waals surface area contributed by atoms with Crippen LogP contribution >= 0.6 is 35.2 Å². The average molecular weight is 423 g/mol. The van der Waals surface area contributed by atoms with Crippen molar-refractivity contribution < 1.29 is 9.53 Å². The second-order valence-corrected chi connectivity index (χ2v) is 7.69. The lowest BCUT2D eigenvalue weighted by Gasteiger charge is -2.21. The quantitative estimate of drug-likeness (QED) is 0.486. The number of hydrogen-bond acceptors (Lipinski definition) is 5. The predicted octanol–water partition coefficient (Wildman–Crippen LogP) is 4.39. The number of carbonyl (C=O) groups excluding carboxylic acids is 1. The fraction of sp³-hybridized carbons (Fsp3) is 0.278. The third-order valence-corrected chi connectivity index (χ3v) is 6.15. The molecule has 0 aliphatic heterocycles. The molecule has 0 saturated carbocycles. The Labute approximate surface area is 171 Å². The van der Waals surface area contributed by atoms with Crippen LogP contribution in [-0.4, -0.2) is 39.9 Å². The van der Waals surface area contributed by atoms with Crippen molar-refractivity contribution in [1.29, 1.82) is 0 Å². The number of nitrogens with zero attached hydrogens (tertiary/aromatic N) is 3. The van der Waals surface area contributed by atoms with E-state index < -0.39 is 5.97 Å². The van der Waals surface area contributed by atoms with E-state index in [2.05, 4.69) is 17.3 Å². The van der Waals surface area contributed by atoms with Gasteiger partial charge in [-0.05, 0) is 43.4 Å². The Morgan fingerprint density at radius 3 is 2.93 bits per heavy atom. The third-order valence-electron chi connectivity index (χ3n) is 4.10. The normalized spacial score (nSPS) is 10.8. The van der Waals surface area contributed by atoms with E-state index in [4.69, 9.17) is 28.6 Å². The monoisotopic (exact) mass is 422 g/mol. The number of carbonyl (C=O) groups is 1. The standard InChI is InChI=1S/C18H19ClN4O2S2/c1-4-23-12(7-8-20-23)10-22(2)18(26)21-11-5-6-13-14(9-11)27-16(15(13)19)17(24)25-3/h5-9H,4,10H2,1-3H3,(H,21,26). The number of aromatic nitrogens is 2.